The van der Waals surface area contributed by atoms with Crippen molar-refractivity contribution >= 4 is 38.5 Å². The van der Waals surface area contributed by atoms with Crippen molar-refractivity contribution in [2.24, 2.45) is 0 Å². The molecule has 2 heterocycles. The lowest BCUT2D eigenvalue weighted by Crippen LogP contribution is -2.29. The molecule has 1 aliphatic rings. The molecule has 0 saturated heterocycles. The highest BCUT2D eigenvalue weighted by atomic mass is 32.1. The van der Waals surface area contributed by atoms with Crippen LogP contribution in [-0.4, -0.2) is 39.3 Å². The Morgan fingerprint density at radius 3 is 2.47 bits per heavy atom. The van der Waals surface area contributed by atoms with Gasteiger partial charge in [0.05, 0.1) is 23.4 Å². The zero-order valence-electron chi connectivity index (χ0n) is 19.3. The van der Waals surface area contributed by atoms with Crippen LogP contribution in [0.15, 0.2) is 48.5 Å². The van der Waals surface area contributed by atoms with Gasteiger partial charge in [0, 0.05) is 17.7 Å². The molecule has 2 aromatic heterocycles. The predicted octanol–water partition coefficient (Wildman–Crippen LogP) is 5.83. The monoisotopic (exact) mass is 515 g/mol. The van der Waals surface area contributed by atoms with Crippen molar-refractivity contribution in [2.45, 2.75) is 43.8 Å². The van der Waals surface area contributed by atoms with E-state index in [9.17, 15) is 9.50 Å². The topological polar surface area (TPSA) is 92.2 Å². The molecule has 0 unspecified atom stereocenters. The van der Waals surface area contributed by atoms with Crippen molar-refractivity contribution < 1.29 is 23.0 Å². The predicted molar refractivity (Wildman–Crippen MR) is 133 cm³/mol. The molecule has 0 amide bonds. The van der Waals surface area contributed by atoms with Gasteiger partial charge in [-0.2, -0.15) is 13.8 Å². The van der Waals surface area contributed by atoms with Crippen LogP contribution in [0.4, 0.5) is 30.1 Å². The van der Waals surface area contributed by atoms with Crippen molar-refractivity contribution in [3.63, 3.8) is 0 Å². The maximum atomic E-state index is 15.5. The second-order valence-electron chi connectivity index (χ2n) is 8.67. The summed E-state index contributed by atoms with van der Waals surface area (Å²) in [6.07, 6.45) is 2.22. The van der Waals surface area contributed by atoms with Gasteiger partial charge in [-0.1, -0.05) is 11.3 Å². The van der Waals surface area contributed by atoms with Crippen LogP contribution in [0.2, 0.25) is 0 Å². The summed E-state index contributed by atoms with van der Waals surface area (Å²) < 4.78 is 50.4. The van der Waals surface area contributed by atoms with Crippen LogP contribution in [0.3, 0.4) is 0 Å². The second kappa shape index (κ2) is 9.90. The van der Waals surface area contributed by atoms with Crippen LogP contribution >= 0.6 is 11.3 Å². The van der Waals surface area contributed by atoms with Gasteiger partial charge in [-0.25, -0.2) is 14.4 Å². The first-order valence-electron chi connectivity index (χ1n) is 11.5. The number of rotatable bonds is 7. The highest BCUT2D eigenvalue weighted by molar-refractivity contribution is 7.22. The Morgan fingerprint density at radius 2 is 1.75 bits per heavy atom. The van der Waals surface area contributed by atoms with E-state index in [-0.39, 0.29) is 29.5 Å². The first-order chi connectivity index (χ1) is 17.3. The quantitative estimate of drug-likeness (QED) is 0.285. The van der Waals surface area contributed by atoms with Crippen molar-refractivity contribution in [2.75, 3.05) is 17.7 Å². The number of hydrogen-bond acceptors (Lipinski definition) is 8. The van der Waals surface area contributed by atoms with E-state index >= 15 is 8.78 Å². The third-order valence-electron chi connectivity index (χ3n) is 6.12. The van der Waals surface area contributed by atoms with Gasteiger partial charge in [0.2, 0.25) is 5.95 Å². The van der Waals surface area contributed by atoms with E-state index in [0.29, 0.717) is 36.6 Å². The molecule has 1 saturated carbocycles. The minimum Gasteiger partial charge on any atom is -0.497 e. The summed E-state index contributed by atoms with van der Waals surface area (Å²) >= 11 is 1.33. The first kappa shape index (κ1) is 24.3. The van der Waals surface area contributed by atoms with Crippen LogP contribution in [-0.2, 0) is 5.92 Å². The molecule has 1 fully saturated rings. The van der Waals surface area contributed by atoms with E-state index in [1.54, 1.807) is 13.2 Å². The van der Waals surface area contributed by atoms with E-state index < -0.39 is 17.4 Å². The number of ether oxygens (including phenoxy) is 1. The molecule has 36 heavy (non-hydrogen) atoms. The Hall–Kier alpha value is -3.44. The van der Waals surface area contributed by atoms with Gasteiger partial charge in [0.25, 0.3) is 0 Å². The molecular formula is C25H24F3N5O2S. The summed E-state index contributed by atoms with van der Waals surface area (Å²) in [6, 6.07) is 10.6. The highest BCUT2D eigenvalue weighted by Gasteiger charge is 2.37. The minimum absolute atomic E-state index is 0.0426. The zero-order chi connectivity index (χ0) is 25.3. The number of nitrogens with zero attached hydrogens (tertiary/aromatic N) is 3. The van der Waals surface area contributed by atoms with E-state index in [1.165, 1.54) is 17.4 Å². The summed E-state index contributed by atoms with van der Waals surface area (Å²) in [5.41, 5.74) is -0.187. The molecule has 188 valence electrons. The van der Waals surface area contributed by atoms with Crippen molar-refractivity contribution in [3.05, 3.63) is 65.6 Å². The Kier molecular flexibility index (Phi) is 6.67. The molecule has 0 spiro atoms. The van der Waals surface area contributed by atoms with Gasteiger partial charge < -0.3 is 20.5 Å². The molecule has 0 aliphatic heterocycles. The van der Waals surface area contributed by atoms with Gasteiger partial charge in [0.15, 0.2) is 5.13 Å². The van der Waals surface area contributed by atoms with Crippen LogP contribution < -0.4 is 15.4 Å². The average molecular weight is 516 g/mol. The zero-order valence-corrected chi connectivity index (χ0v) is 20.2. The van der Waals surface area contributed by atoms with E-state index in [0.717, 1.165) is 34.5 Å². The van der Waals surface area contributed by atoms with Gasteiger partial charge in [0.1, 0.15) is 23.1 Å². The molecular weight excluding hydrogens is 491 g/mol. The third-order valence-corrected chi connectivity index (χ3v) is 7.05. The van der Waals surface area contributed by atoms with E-state index in [2.05, 4.69) is 25.6 Å². The number of benzene rings is 2. The summed E-state index contributed by atoms with van der Waals surface area (Å²) in [4.78, 5) is 13.1. The van der Waals surface area contributed by atoms with Crippen LogP contribution in [0, 0.1) is 5.82 Å². The van der Waals surface area contributed by atoms with E-state index in [1.807, 2.05) is 12.1 Å². The van der Waals surface area contributed by atoms with Crippen molar-refractivity contribution in [3.8, 4) is 5.75 Å². The molecule has 5 rings (SSSR count). The van der Waals surface area contributed by atoms with Crippen molar-refractivity contribution in [1.82, 2.24) is 15.0 Å². The molecule has 11 heteroatoms. The highest BCUT2D eigenvalue weighted by Crippen LogP contribution is 2.37. The fourth-order valence-corrected chi connectivity index (χ4v) is 5.04. The number of methoxy groups -OCH3 is 1. The third kappa shape index (κ3) is 5.21. The lowest BCUT2D eigenvalue weighted by molar-refractivity contribution is 0.0380. The summed E-state index contributed by atoms with van der Waals surface area (Å²) in [5, 5.41) is 16.4. The number of halogens is 3. The Bertz CT molecular complexity index is 1360. The van der Waals surface area contributed by atoms with Crippen molar-refractivity contribution in [1.29, 1.82) is 0 Å². The summed E-state index contributed by atoms with van der Waals surface area (Å²) in [5.74, 6) is -3.22. The van der Waals surface area contributed by atoms with E-state index in [4.69, 9.17) is 4.74 Å². The Labute approximate surface area is 209 Å². The van der Waals surface area contributed by atoms with Crippen LogP contribution in [0.25, 0.3) is 10.2 Å². The van der Waals surface area contributed by atoms with Gasteiger partial charge in [-0.3, -0.25) is 0 Å². The molecule has 2 aromatic carbocycles. The van der Waals surface area contributed by atoms with Crippen LogP contribution in [0.1, 0.15) is 36.9 Å². The number of alkyl halides is 2. The fourth-order valence-electron chi connectivity index (χ4n) is 4.14. The molecule has 0 bridgehead atoms. The smallest absolute Gasteiger partial charge is 0.315 e. The fraction of sp³-hybridized carbons (Fsp3) is 0.320. The number of aliphatic hydroxyl groups is 1. The number of anilines is 3. The largest absolute Gasteiger partial charge is 0.497 e. The minimum atomic E-state index is -3.49. The maximum Gasteiger partial charge on any atom is 0.315 e. The second-order valence-corrected chi connectivity index (χ2v) is 9.70. The molecule has 0 radical (unpaired) electrons. The Balaban J connectivity index is 1.49. The Morgan fingerprint density at radius 1 is 1.00 bits per heavy atom. The number of nitrogens with one attached hydrogen (secondary N) is 2. The molecule has 0 atom stereocenters. The summed E-state index contributed by atoms with van der Waals surface area (Å²) in [7, 11) is 1.58. The number of thiazole rings is 1. The SMILES string of the molecule is COc1ccc2nc(Nc3cc(C(F)(F)c4ccc(F)cc4)nc(N[C@H]4CC[C@H](O)CC4)n3)sc2c1. The summed E-state index contributed by atoms with van der Waals surface area (Å²) in [6.45, 7) is 0. The number of aliphatic hydroxyl groups excluding tert-OH is 1. The normalized spacial score (nSPS) is 18.2. The lowest BCUT2D eigenvalue weighted by Gasteiger charge is -2.26. The molecule has 3 N–H and O–H groups in total. The number of fused-ring (bicyclic) bond motifs is 1. The molecule has 4 aromatic rings. The molecule has 1 aliphatic carbocycles. The van der Waals surface area contributed by atoms with Gasteiger partial charge in [-0.15, -0.1) is 0 Å². The number of aromatic nitrogens is 3. The molecule has 7 nitrogen and oxygen atoms in total. The maximum absolute atomic E-state index is 15.5. The van der Waals surface area contributed by atoms with Gasteiger partial charge in [-0.05, 0) is 68.1 Å². The average Bonchev–Trinajstić information content (AvgIpc) is 3.27. The standard InChI is InChI=1S/C25H24F3N5O2S/c1-35-18-10-11-19-20(12-18)36-24(30-19)33-22-13-21(25(27,28)14-2-4-15(26)5-3-14)31-23(32-22)29-16-6-8-17(34)9-7-16/h2-5,10-13,16-17,34H,6-9H2,1H3,(H2,29,30,31,32,33)/t16-,17-. The lowest BCUT2D eigenvalue weighted by atomic mass is 9.93. The van der Waals surface area contributed by atoms with Gasteiger partial charge >= 0.3 is 5.92 Å². The number of hydrogen-bond donors (Lipinski definition) is 3. The first-order valence-corrected chi connectivity index (χ1v) is 12.3. The van der Waals surface area contributed by atoms with Crippen LogP contribution in [0.5, 0.6) is 5.75 Å².